The summed E-state index contributed by atoms with van der Waals surface area (Å²) in [6, 6.07) is 5.65. The Morgan fingerprint density at radius 1 is 1.14 bits per heavy atom. The van der Waals surface area contributed by atoms with Crippen molar-refractivity contribution in [2.75, 3.05) is 12.9 Å². The van der Waals surface area contributed by atoms with E-state index in [0.29, 0.717) is 18.4 Å². The lowest BCUT2D eigenvalue weighted by molar-refractivity contribution is -0.153. The first-order valence-corrected chi connectivity index (χ1v) is 10.4. The lowest BCUT2D eigenvalue weighted by Crippen LogP contribution is -2.37. The van der Waals surface area contributed by atoms with Crippen molar-refractivity contribution >= 4 is 10.0 Å². The number of hydrogen-bond donors (Lipinski definition) is 2. The summed E-state index contributed by atoms with van der Waals surface area (Å²) in [4.78, 5) is 3.77. The number of aromatic nitrogens is 1. The van der Waals surface area contributed by atoms with Gasteiger partial charge in [-0.3, -0.25) is 0 Å². The van der Waals surface area contributed by atoms with E-state index in [1.807, 2.05) is 6.92 Å². The van der Waals surface area contributed by atoms with E-state index in [2.05, 4.69) is 10.3 Å². The molecule has 11 heteroatoms. The molecule has 29 heavy (non-hydrogen) atoms. The summed E-state index contributed by atoms with van der Waals surface area (Å²) in [5.41, 5.74) is 0.506. The van der Waals surface area contributed by atoms with E-state index >= 15 is 0 Å². The fraction of sp³-hybridized carbons (Fsp3) is 0.389. The largest absolute Gasteiger partial charge is 0.476 e. The number of ether oxygens (including phenoxy) is 1. The van der Waals surface area contributed by atoms with E-state index in [1.54, 1.807) is 4.72 Å². The first-order valence-electron chi connectivity index (χ1n) is 8.54. The zero-order valence-electron chi connectivity index (χ0n) is 15.7. The highest BCUT2D eigenvalue weighted by Gasteiger charge is 2.42. The molecule has 1 heterocycles. The van der Waals surface area contributed by atoms with Gasteiger partial charge in [0.25, 0.3) is 0 Å². The summed E-state index contributed by atoms with van der Waals surface area (Å²) in [7, 11) is -4.04. The highest BCUT2D eigenvalue weighted by Crippen LogP contribution is 2.33. The van der Waals surface area contributed by atoms with Gasteiger partial charge in [-0.1, -0.05) is 24.3 Å². The second kappa shape index (κ2) is 9.51. The number of halogens is 4. The quantitative estimate of drug-likeness (QED) is 0.592. The predicted octanol–water partition coefficient (Wildman–Crippen LogP) is 2.93. The van der Waals surface area contributed by atoms with E-state index < -0.39 is 28.1 Å². The Balaban J connectivity index is 1.91. The number of nitrogens with zero attached hydrogens (tertiary/aromatic N) is 1. The number of alkyl halides is 3. The SMILES string of the molecule is CC(COc1ccc(F)cn1)NCc1ccc([C@H](NS(C)(=O)=O)C(F)(F)F)cc1. The summed E-state index contributed by atoms with van der Waals surface area (Å²) in [5, 5.41) is 3.14. The van der Waals surface area contributed by atoms with Gasteiger partial charge < -0.3 is 10.1 Å². The lowest BCUT2D eigenvalue weighted by Gasteiger charge is -2.21. The number of benzene rings is 1. The van der Waals surface area contributed by atoms with Gasteiger partial charge in [-0.15, -0.1) is 0 Å². The van der Waals surface area contributed by atoms with Gasteiger partial charge in [0.1, 0.15) is 18.5 Å². The van der Waals surface area contributed by atoms with Gasteiger partial charge in [0.15, 0.2) is 0 Å². The molecule has 0 saturated heterocycles. The van der Waals surface area contributed by atoms with Crippen LogP contribution in [0.5, 0.6) is 5.88 Å². The molecular formula is C18H21F4N3O3S. The van der Waals surface area contributed by atoms with Crippen molar-refractivity contribution in [2.45, 2.75) is 31.7 Å². The summed E-state index contributed by atoms with van der Waals surface area (Å²) < 4.78 is 81.7. The number of hydrogen-bond acceptors (Lipinski definition) is 5. The van der Waals surface area contributed by atoms with Gasteiger partial charge in [0.2, 0.25) is 15.9 Å². The minimum atomic E-state index is -4.76. The third-order valence-electron chi connectivity index (χ3n) is 3.81. The van der Waals surface area contributed by atoms with Crippen LogP contribution in [0.4, 0.5) is 17.6 Å². The maximum atomic E-state index is 13.2. The van der Waals surface area contributed by atoms with Crippen molar-refractivity contribution in [3.05, 3.63) is 59.5 Å². The molecule has 1 unspecified atom stereocenters. The number of rotatable bonds is 9. The van der Waals surface area contributed by atoms with Crippen LogP contribution in [0.25, 0.3) is 0 Å². The molecule has 1 aromatic heterocycles. The first kappa shape index (κ1) is 23.0. The molecule has 160 valence electrons. The maximum absolute atomic E-state index is 13.2. The van der Waals surface area contributed by atoms with Gasteiger partial charge in [0, 0.05) is 18.7 Å². The van der Waals surface area contributed by atoms with Gasteiger partial charge in [0.05, 0.1) is 12.5 Å². The van der Waals surface area contributed by atoms with Crippen LogP contribution in [0.2, 0.25) is 0 Å². The molecule has 2 atom stereocenters. The second-order valence-corrected chi connectivity index (χ2v) is 8.29. The van der Waals surface area contributed by atoms with E-state index in [0.717, 1.165) is 6.20 Å². The van der Waals surface area contributed by atoms with Crippen LogP contribution >= 0.6 is 0 Å². The zero-order valence-corrected chi connectivity index (χ0v) is 16.5. The van der Waals surface area contributed by atoms with Crippen LogP contribution in [0.1, 0.15) is 24.1 Å². The fourth-order valence-corrected chi connectivity index (χ4v) is 3.07. The Bertz CT molecular complexity index is 888. The van der Waals surface area contributed by atoms with Crippen molar-refractivity contribution in [1.29, 1.82) is 0 Å². The van der Waals surface area contributed by atoms with Gasteiger partial charge in [-0.25, -0.2) is 17.8 Å². The van der Waals surface area contributed by atoms with Crippen molar-refractivity contribution in [2.24, 2.45) is 0 Å². The van der Waals surface area contributed by atoms with Gasteiger partial charge >= 0.3 is 6.18 Å². The Morgan fingerprint density at radius 2 is 1.79 bits per heavy atom. The van der Waals surface area contributed by atoms with E-state index in [-0.39, 0.29) is 24.1 Å². The molecule has 1 aromatic carbocycles. The van der Waals surface area contributed by atoms with Crippen LogP contribution < -0.4 is 14.8 Å². The summed E-state index contributed by atoms with van der Waals surface area (Å²) in [5.74, 6) is -0.188. The monoisotopic (exact) mass is 435 g/mol. The summed E-state index contributed by atoms with van der Waals surface area (Å²) in [6.45, 7) is 2.45. The van der Waals surface area contributed by atoms with Crippen molar-refractivity contribution < 1.29 is 30.7 Å². The summed E-state index contributed by atoms with van der Waals surface area (Å²) in [6.07, 6.45) is -3.04. The molecule has 2 N–H and O–H groups in total. The highest BCUT2D eigenvalue weighted by atomic mass is 32.2. The minimum absolute atomic E-state index is 0.114. The number of nitrogens with one attached hydrogen (secondary N) is 2. The zero-order chi connectivity index (χ0) is 21.7. The van der Waals surface area contributed by atoms with Crippen molar-refractivity contribution in [3.8, 4) is 5.88 Å². The van der Waals surface area contributed by atoms with E-state index in [9.17, 15) is 26.0 Å². The lowest BCUT2D eigenvalue weighted by atomic mass is 10.0. The van der Waals surface area contributed by atoms with Crippen LogP contribution in [0, 0.1) is 5.82 Å². The topological polar surface area (TPSA) is 80.3 Å². The Hall–Kier alpha value is -2.24. The van der Waals surface area contributed by atoms with Crippen LogP contribution in [-0.4, -0.2) is 38.5 Å². The third kappa shape index (κ3) is 7.95. The van der Waals surface area contributed by atoms with Crippen molar-refractivity contribution in [3.63, 3.8) is 0 Å². The Kier molecular flexibility index (Phi) is 7.55. The summed E-state index contributed by atoms with van der Waals surface area (Å²) >= 11 is 0. The Morgan fingerprint density at radius 3 is 2.31 bits per heavy atom. The van der Waals surface area contributed by atoms with Gasteiger partial charge in [-0.05, 0) is 24.1 Å². The molecule has 2 aromatic rings. The highest BCUT2D eigenvalue weighted by molar-refractivity contribution is 7.88. The molecule has 0 aliphatic heterocycles. The molecule has 0 aliphatic rings. The molecule has 0 radical (unpaired) electrons. The normalized spacial score (nSPS) is 14.4. The first-order chi connectivity index (χ1) is 13.4. The van der Waals surface area contributed by atoms with E-state index in [1.165, 1.54) is 36.4 Å². The maximum Gasteiger partial charge on any atom is 0.408 e. The average Bonchev–Trinajstić information content (AvgIpc) is 2.63. The van der Waals surface area contributed by atoms with Gasteiger partial charge in [-0.2, -0.15) is 17.9 Å². The molecule has 0 spiro atoms. The number of pyridine rings is 1. The van der Waals surface area contributed by atoms with Crippen LogP contribution in [0.3, 0.4) is 0 Å². The third-order valence-corrected chi connectivity index (χ3v) is 4.47. The van der Waals surface area contributed by atoms with Crippen LogP contribution in [-0.2, 0) is 16.6 Å². The smallest absolute Gasteiger partial charge is 0.408 e. The molecule has 0 amide bonds. The number of sulfonamides is 1. The molecule has 0 bridgehead atoms. The van der Waals surface area contributed by atoms with Crippen LogP contribution in [0.15, 0.2) is 42.6 Å². The molecule has 0 fully saturated rings. The molecule has 0 aliphatic carbocycles. The Labute approximate surface area is 166 Å². The fourth-order valence-electron chi connectivity index (χ4n) is 2.37. The standard InChI is InChI=1S/C18H21F4N3O3S/c1-12(11-28-16-8-7-15(19)10-24-16)23-9-13-3-5-14(6-4-13)17(18(20,21)22)25-29(2,26)27/h3-8,10,12,17,23,25H,9,11H2,1-2H3/t12?,17-/m0/s1. The van der Waals surface area contributed by atoms with E-state index in [4.69, 9.17) is 4.74 Å². The predicted molar refractivity (Wildman–Crippen MR) is 99.2 cm³/mol. The molecule has 2 rings (SSSR count). The minimum Gasteiger partial charge on any atom is -0.476 e. The molecule has 0 saturated carbocycles. The molecular weight excluding hydrogens is 414 g/mol. The second-order valence-electron chi connectivity index (χ2n) is 6.51. The average molecular weight is 435 g/mol. The van der Waals surface area contributed by atoms with Crippen molar-refractivity contribution in [1.82, 2.24) is 15.0 Å². The molecule has 6 nitrogen and oxygen atoms in total.